The highest BCUT2D eigenvalue weighted by Crippen LogP contribution is 2.68. The summed E-state index contributed by atoms with van der Waals surface area (Å²) < 4.78 is 0. The molecule has 1 nitrogen and oxygen atoms in total. The minimum Gasteiger partial charge on any atom is -0.255 e. The number of nitrogens with zero attached hydrogens (tertiary/aromatic N) is 1. The zero-order chi connectivity index (χ0) is 15.1. The summed E-state index contributed by atoms with van der Waals surface area (Å²) in [6, 6.07) is 13.2. The molecule has 2 aromatic carbocycles. The van der Waals surface area contributed by atoms with Gasteiger partial charge in [-0.1, -0.05) is 57.2 Å². The molecule has 1 saturated carbocycles. The molecule has 1 fully saturated rings. The summed E-state index contributed by atoms with van der Waals surface area (Å²) in [6.07, 6.45) is 4.81. The molecule has 0 spiro atoms. The minimum absolute atomic E-state index is 0.288. The first-order valence-corrected chi connectivity index (χ1v) is 8.35. The Morgan fingerprint density at radius 2 is 1.82 bits per heavy atom. The Kier molecular flexibility index (Phi) is 2.13. The fraction of sp³-hybridized carbons (Fsp3) is 0.381. The molecular formula is C21H21N. The SMILES string of the molecule is CC1(C)[C@@H]2CC[C@@]1(C)c1c2cnc2c1ccc1ccccc12. The van der Waals surface area contributed by atoms with Crippen LogP contribution in [0.25, 0.3) is 21.7 Å². The molecule has 1 heterocycles. The van der Waals surface area contributed by atoms with Crippen LogP contribution in [0.1, 0.15) is 50.7 Å². The van der Waals surface area contributed by atoms with Gasteiger partial charge in [-0.2, -0.15) is 0 Å². The van der Waals surface area contributed by atoms with Crippen molar-refractivity contribution >= 4 is 21.7 Å². The van der Waals surface area contributed by atoms with Crippen LogP contribution in [0.15, 0.2) is 42.6 Å². The van der Waals surface area contributed by atoms with Gasteiger partial charge in [0.2, 0.25) is 0 Å². The molecule has 0 radical (unpaired) electrons. The normalized spacial score (nSPS) is 28.4. The Labute approximate surface area is 131 Å². The number of pyridine rings is 1. The van der Waals surface area contributed by atoms with Crippen LogP contribution in [0.3, 0.4) is 0 Å². The first-order chi connectivity index (χ1) is 10.5. The van der Waals surface area contributed by atoms with E-state index >= 15 is 0 Å². The van der Waals surface area contributed by atoms with E-state index in [1.54, 1.807) is 5.56 Å². The molecule has 1 aromatic heterocycles. The van der Waals surface area contributed by atoms with Crippen molar-refractivity contribution < 1.29 is 0 Å². The summed E-state index contributed by atoms with van der Waals surface area (Å²) in [6.45, 7) is 7.39. The minimum atomic E-state index is 0.288. The molecule has 110 valence electrons. The molecule has 2 aliphatic rings. The molecule has 2 bridgehead atoms. The Hall–Kier alpha value is -1.89. The van der Waals surface area contributed by atoms with Gasteiger partial charge < -0.3 is 0 Å². The van der Waals surface area contributed by atoms with Gasteiger partial charge in [-0.05, 0) is 46.1 Å². The molecule has 3 aromatic rings. The molecule has 0 N–H and O–H groups in total. The van der Waals surface area contributed by atoms with Gasteiger partial charge in [0, 0.05) is 17.0 Å². The van der Waals surface area contributed by atoms with Crippen LogP contribution in [-0.4, -0.2) is 4.98 Å². The molecule has 22 heavy (non-hydrogen) atoms. The lowest BCUT2D eigenvalue weighted by atomic mass is 9.68. The molecule has 5 rings (SSSR count). The number of hydrogen-bond donors (Lipinski definition) is 0. The topological polar surface area (TPSA) is 12.9 Å². The van der Waals surface area contributed by atoms with Gasteiger partial charge in [-0.15, -0.1) is 0 Å². The first-order valence-electron chi connectivity index (χ1n) is 8.35. The van der Waals surface area contributed by atoms with Gasteiger partial charge >= 0.3 is 0 Å². The molecule has 0 aliphatic heterocycles. The number of hydrogen-bond acceptors (Lipinski definition) is 1. The monoisotopic (exact) mass is 287 g/mol. The summed E-state index contributed by atoms with van der Waals surface area (Å²) in [5, 5.41) is 3.95. The lowest BCUT2D eigenvalue weighted by molar-refractivity contribution is 0.232. The predicted octanol–water partition coefficient (Wildman–Crippen LogP) is 5.56. The number of aromatic nitrogens is 1. The zero-order valence-electron chi connectivity index (χ0n) is 13.5. The fourth-order valence-corrected chi connectivity index (χ4v) is 5.32. The highest BCUT2D eigenvalue weighted by atomic mass is 14.7. The Morgan fingerprint density at radius 3 is 2.68 bits per heavy atom. The van der Waals surface area contributed by atoms with Crippen LogP contribution in [0, 0.1) is 5.41 Å². The van der Waals surface area contributed by atoms with Crippen molar-refractivity contribution in [2.75, 3.05) is 0 Å². The number of benzene rings is 2. The maximum absolute atomic E-state index is 4.90. The second kappa shape index (κ2) is 3.71. The number of rotatable bonds is 0. The third kappa shape index (κ3) is 1.21. The van der Waals surface area contributed by atoms with E-state index < -0.39 is 0 Å². The van der Waals surface area contributed by atoms with Gasteiger partial charge in [0.25, 0.3) is 0 Å². The lowest BCUT2D eigenvalue weighted by Crippen LogP contribution is -2.31. The molecular weight excluding hydrogens is 266 g/mol. The summed E-state index contributed by atoms with van der Waals surface area (Å²) in [5.41, 5.74) is 4.92. The lowest BCUT2D eigenvalue weighted by Gasteiger charge is -2.35. The summed E-state index contributed by atoms with van der Waals surface area (Å²) >= 11 is 0. The van der Waals surface area contributed by atoms with Crippen molar-refractivity contribution in [1.82, 2.24) is 4.98 Å². The summed E-state index contributed by atoms with van der Waals surface area (Å²) in [5.74, 6) is 0.677. The third-order valence-electron chi connectivity index (χ3n) is 6.94. The standard InChI is InChI=1S/C21H21N/c1-20(2)17-10-11-21(20,3)18-15-9-8-13-6-4-5-7-14(13)19(15)22-12-16(17)18/h4-9,12,17H,10-11H2,1-3H3/t17-,21+/m1/s1. The average Bonchev–Trinajstić information content (AvgIpc) is 2.86. The maximum Gasteiger partial charge on any atom is 0.0783 e. The van der Waals surface area contributed by atoms with E-state index in [9.17, 15) is 0 Å². The maximum atomic E-state index is 4.90. The average molecular weight is 287 g/mol. The highest BCUT2D eigenvalue weighted by molar-refractivity contribution is 6.07. The summed E-state index contributed by atoms with van der Waals surface area (Å²) in [4.78, 5) is 4.90. The molecule has 2 aliphatic carbocycles. The van der Waals surface area contributed by atoms with Gasteiger partial charge in [-0.25, -0.2) is 0 Å². The zero-order valence-corrected chi connectivity index (χ0v) is 13.5. The van der Waals surface area contributed by atoms with Crippen molar-refractivity contribution in [2.45, 2.75) is 44.9 Å². The van der Waals surface area contributed by atoms with E-state index in [4.69, 9.17) is 4.98 Å². The van der Waals surface area contributed by atoms with Crippen LogP contribution in [0.5, 0.6) is 0 Å². The molecule has 0 amide bonds. The Bertz CT molecular complexity index is 937. The van der Waals surface area contributed by atoms with Gasteiger partial charge in [0.15, 0.2) is 0 Å². The van der Waals surface area contributed by atoms with Crippen LogP contribution >= 0.6 is 0 Å². The Morgan fingerprint density at radius 1 is 1.00 bits per heavy atom. The second-order valence-electron chi connectivity index (χ2n) is 7.92. The smallest absolute Gasteiger partial charge is 0.0783 e. The highest BCUT2D eigenvalue weighted by Gasteiger charge is 2.59. The van der Waals surface area contributed by atoms with Gasteiger partial charge in [0.1, 0.15) is 0 Å². The van der Waals surface area contributed by atoms with Crippen molar-refractivity contribution in [3.05, 3.63) is 53.7 Å². The predicted molar refractivity (Wildman–Crippen MR) is 92.4 cm³/mol. The second-order valence-corrected chi connectivity index (χ2v) is 7.92. The van der Waals surface area contributed by atoms with Gasteiger partial charge in [-0.3, -0.25) is 4.98 Å². The van der Waals surface area contributed by atoms with E-state index in [0.717, 1.165) is 0 Å². The van der Waals surface area contributed by atoms with Crippen molar-refractivity contribution in [3.63, 3.8) is 0 Å². The van der Waals surface area contributed by atoms with E-state index in [0.29, 0.717) is 11.3 Å². The van der Waals surface area contributed by atoms with Gasteiger partial charge in [0.05, 0.1) is 5.52 Å². The molecule has 0 saturated heterocycles. The first kappa shape index (κ1) is 12.6. The van der Waals surface area contributed by atoms with E-state index in [-0.39, 0.29) is 5.41 Å². The van der Waals surface area contributed by atoms with Crippen LogP contribution in [0.4, 0.5) is 0 Å². The molecule has 2 atom stereocenters. The van der Waals surface area contributed by atoms with Crippen LogP contribution in [0.2, 0.25) is 0 Å². The molecule has 0 unspecified atom stereocenters. The summed E-state index contributed by atoms with van der Waals surface area (Å²) in [7, 11) is 0. The Balaban J connectivity index is 1.95. The van der Waals surface area contributed by atoms with Crippen LogP contribution < -0.4 is 0 Å². The van der Waals surface area contributed by atoms with E-state index in [1.165, 1.54) is 40.1 Å². The third-order valence-corrected chi connectivity index (χ3v) is 6.94. The van der Waals surface area contributed by atoms with Crippen molar-refractivity contribution in [1.29, 1.82) is 0 Å². The molecule has 1 heteroatoms. The van der Waals surface area contributed by atoms with Crippen molar-refractivity contribution in [2.24, 2.45) is 5.41 Å². The van der Waals surface area contributed by atoms with Crippen molar-refractivity contribution in [3.8, 4) is 0 Å². The number of fused-ring (bicyclic) bond motifs is 9. The van der Waals surface area contributed by atoms with Crippen LogP contribution in [-0.2, 0) is 5.41 Å². The van der Waals surface area contributed by atoms with E-state index in [2.05, 4.69) is 63.4 Å². The fourth-order valence-electron chi connectivity index (χ4n) is 5.32. The van der Waals surface area contributed by atoms with E-state index in [1.807, 2.05) is 0 Å². The largest absolute Gasteiger partial charge is 0.255 e. The quantitative estimate of drug-likeness (QED) is 0.493.